The minimum Gasteiger partial charge on any atom is -0.362 e. The zero-order chi connectivity index (χ0) is 21.8. The fourth-order valence-corrected chi connectivity index (χ4v) is 4.53. The fraction of sp³-hybridized carbons (Fsp3) is 0.417. The Labute approximate surface area is 194 Å². The number of fused-ring (bicyclic) bond motifs is 1. The molecule has 2 aromatic carbocycles. The van der Waals surface area contributed by atoms with Gasteiger partial charge in [-0.2, -0.15) is 4.98 Å². The molecule has 1 aromatic heterocycles. The van der Waals surface area contributed by atoms with Gasteiger partial charge in [0.25, 0.3) is 0 Å². The van der Waals surface area contributed by atoms with Gasteiger partial charge in [-0.25, -0.2) is 4.98 Å². The first-order chi connectivity index (χ1) is 15.0. The molecule has 0 unspecified atom stereocenters. The van der Waals surface area contributed by atoms with Crippen molar-refractivity contribution in [3.8, 4) is 0 Å². The second-order valence-corrected chi connectivity index (χ2v) is 9.24. The lowest BCUT2D eigenvalue weighted by molar-refractivity contribution is 0.355. The third-order valence-corrected chi connectivity index (χ3v) is 6.64. The maximum absolute atomic E-state index is 6.11. The number of anilines is 2. The summed E-state index contributed by atoms with van der Waals surface area (Å²) < 4.78 is 0. The van der Waals surface area contributed by atoms with Gasteiger partial charge in [-0.05, 0) is 68.5 Å². The maximum atomic E-state index is 6.11. The Bertz CT molecular complexity index is 1030. The highest BCUT2D eigenvalue weighted by atomic mass is 35.5. The van der Waals surface area contributed by atoms with Crippen molar-refractivity contribution in [1.82, 2.24) is 15.3 Å². The van der Waals surface area contributed by atoms with E-state index >= 15 is 0 Å². The Kier molecular flexibility index (Phi) is 7.16. The maximum Gasteiger partial charge on any atom is 0.225 e. The zero-order valence-electron chi connectivity index (χ0n) is 18.0. The number of halogens is 2. The third-order valence-electron chi connectivity index (χ3n) is 5.90. The van der Waals surface area contributed by atoms with Crippen molar-refractivity contribution < 1.29 is 0 Å². The molecular weight excluding hydrogens is 429 g/mol. The molecule has 164 valence electrons. The number of nitrogens with one attached hydrogen (secondary N) is 2. The van der Waals surface area contributed by atoms with Gasteiger partial charge in [0.15, 0.2) is 0 Å². The minimum absolute atomic E-state index is 0.407. The lowest BCUT2D eigenvalue weighted by Crippen LogP contribution is -2.38. The Morgan fingerprint density at radius 3 is 2.42 bits per heavy atom. The second kappa shape index (κ2) is 10.0. The Morgan fingerprint density at radius 1 is 0.935 bits per heavy atom. The molecular formula is C24H29Cl2N5. The molecule has 1 aliphatic rings. The Hall–Kier alpha value is -2.08. The van der Waals surface area contributed by atoms with Gasteiger partial charge in [0.1, 0.15) is 5.82 Å². The monoisotopic (exact) mass is 457 g/mol. The Balaban J connectivity index is 1.29. The number of para-hydroxylation sites is 1. The molecule has 0 amide bonds. The standard InChI is InChI=1S/C24H29Cl2N5/c1-31(2)23-19-5-3-4-6-22(19)29-24(30-23)28-18-10-8-17(9-11-18)27-14-13-16-7-12-20(25)21(26)15-16/h3-7,12,15,17-18,27H,8-11,13-14H2,1-2H3,(H,28,29,30)/t17-,18+. The van der Waals surface area contributed by atoms with Crippen LogP contribution in [0.3, 0.4) is 0 Å². The van der Waals surface area contributed by atoms with Crippen molar-refractivity contribution in [2.24, 2.45) is 0 Å². The number of aromatic nitrogens is 2. The van der Waals surface area contributed by atoms with E-state index in [1.54, 1.807) is 0 Å². The average Bonchev–Trinajstić information content (AvgIpc) is 2.77. The molecule has 0 aliphatic heterocycles. The summed E-state index contributed by atoms with van der Waals surface area (Å²) in [5.74, 6) is 1.67. The van der Waals surface area contributed by atoms with Crippen LogP contribution in [0.25, 0.3) is 10.9 Å². The van der Waals surface area contributed by atoms with Crippen LogP contribution in [0.5, 0.6) is 0 Å². The van der Waals surface area contributed by atoms with Gasteiger partial charge < -0.3 is 15.5 Å². The number of hydrogen-bond acceptors (Lipinski definition) is 5. The molecule has 4 rings (SSSR count). The van der Waals surface area contributed by atoms with Crippen LogP contribution in [0.15, 0.2) is 42.5 Å². The number of nitrogens with zero attached hydrogens (tertiary/aromatic N) is 3. The van der Waals surface area contributed by atoms with Gasteiger partial charge in [-0.1, -0.05) is 41.4 Å². The molecule has 1 heterocycles. The van der Waals surface area contributed by atoms with Gasteiger partial charge >= 0.3 is 0 Å². The van der Waals surface area contributed by atoms with E-state index < -0.39 is 0 Å². The van der Waals surface area contributed by atoms with Crippen molar-refractivity contribution in [3.05, 3.63) is 58.1 Å². The van der Waals surface area contributed by atoms with Crippen molar-refractivity contribution in [2.45, 2.75) is 44.2 Å². The molecule has 0 atom stereocenters. The number of hydrogen-bond donors (Lipinski definition) is 2. The summed E-state index contributed by atoms with van der Waals surface area (Å²) in [6.45, 7) is 0.945. The van der Waals surface area contributed by atoms with E-state index in [0.717, 1.165) is 61.3 Å². The summed E-state index contributed by atoms with van der Waals surface area (Å²) in [6, 6.07) is 15.0. The van der Waals surface area contributed by atoms with E-state index in [4.69, 9.17) is 33.2 Å². The molecule has 1 saturated carbocycles. The van der Waals surface area contributed by atoms with Gasteiger partial charge in [0, 0.05) is 31.6 Å². The van der Waals surface area contributed by atoms with Gasteiger partial charge in [0.2, 0.25) is 5.95 Å². The number of rotatable bonds is 7. The lowest BCUT2D eigenvalue weighted by Gasteiger charge is -2.30. The normalized spacial score (nSPS) is 18.8. The lowest BCUT2D eigenvalue weighted by atomic mass is 9.91. The molecule has 0 bridgehead atoms. The summed E-state index contributed by atoms with van der Waals surface area (Å²) in [5, 5.41) is 9.58. The van der Waals surface area contributed by atoms with Gasteiger partial charge in [-0.3, -0.25) is 0 Å². The molecule has 0 radical (unpaired) electrons. The first-order valence-electron chi connectivity index (χ1n) is 10.9. The average molecular weight is 458 g/mol. The predicted molar refractivity (Wildman–Crippen MR) is 132 cm³/mol. The van der Waals surface area contributed by atoms with E-state index in [2.05, 4.69) is 16.7 Å². The molecule has 1 aliphatic carbocycles. The molecule has 2 N–H and O–H groups in total. The first-order valence-corrected chi connectivity index (χ1v) is 11.6. The second-order valence-electron chi connectivity index (χ2n) is 8.43. The fourth-order valence-electron chi connectivity index (χ4n) is 4.21. The van der Waals surface area contributed by atoms with E-state index in [9.17, 15) is 0 Å². The van der Waals surface area contributed by atoms with Crippen LogP contribution >= 0.6 is 23.2 Å². The van der Waals surface area contributed by atoms with Crippen molar-refractivity contribution in [3.63, 3.8) is 0 Å². The summed E-state index contributed by atoms with van der Waals surface area (Å²) in [4.78, 5) is 11.6. The summed E-state index contributed by atoms with van der Waals surface area (Å²) in [6.07, 6.45) is 5.46. The van der Waals surface area contributed by atoms with E-state index in [1.165, 1.54) is 5.56 Å². The van der Waals surface area contributed by atoms with Crippen LogP contribution in [0.4, 0.5) is 11.8 Å². The third kappa shape index (κ3) is 5.59. The molecule has 5 nitrogen and oxygen atoms in total. The summed E-state index contributed by atoms with van der Waals surface area (Å²) in [7, 11) is 4.04. The summed E-state index contributed by atoms with van der Waals surface area (Å²) >= 11 is 12.1. The molecule has 31 heavy (non-hydrogen) atoms. The highest BCUT2D eigenvalue weighted by molar-refractivity contribution is 6.42. The van der Waals surface area contributed by atoms with Crippen LogP contribution in [0.2, 0.25) is 10.0 Å². The van der Waals surface area contributed by atoms with Crippen molar-refractivity contribution in [1.29, 1.82) is 0 Å². The van der Waals surface area contributed by atoms with Gasteiger partial charge in [0.05, 0.1) is 15.6 Å². The van der Waals surface area contributed by atoms with Crippen molar-refractivity contribution >= 4 is 45.9 Å². The first kappa shape index (κ1) is 22.1. The SMILES string of the molecule is CN(C)c1nc(N[C@H]2CC[C@@H](NCCc3ccc(Cl)c(Cl)c3)CC2)nc2ccccc12. The quantitative estimate of drug-likeness (QED) is 0.486. The van der Waals surface area contributed by atoms with Crippen LogP contribution in [0.1, 0.15) is 31.2 Å². The number of benzene rings is 2. The topological polar surface area (TPSA) is 53.1 Å². The van der Waals surface area contributed by atoms with Gasteiger partial charge in [-0.15, -0.1) is 0 Å². The van der Waals surface area contributed by atoms with Crippen LogP contribution in [-0.2, 0) is 6.42 Å². The molecule has 7 heteroatoms. The van der Waals surface area contributed by atoms with E-state index in [1.807, 2.05) is 55.4 Å². The van der Waals surface area contributed by atoms with E-state index in [0.29, 0.717) is 22.1 Å². The largest absolute Gasteiger partial charge is 0.362 e. The smallest absolute Gasteiger partial charge is 0.225 e. The van der Waals surface area contributed by atoms with Crippen molar-refractivity contribution in [2.75, 3.05) is 30.9 Å². The summed E-state index contributed by atoms with van der Waals surface area (Å²) in [5.41, 5.74) is 2.18. The molecule has 3 aromatic rings. The zero-order valence-corrected chi connectivity index (χ0v) is 19.5. The van der Waals surface area contributed by atoms with E-state index in [-0.39, 0.29) is 0 Å². The van der Waals surface area contributed by atoms with Crippen LogP contribution in [0, 0.1) is 0 Å². The van der Waals surface area contributed by atoms with Crippen LogP contribution < -0.4 is 15.5 Å². The molecule has 1 fully saturated rings. The van der Waals surface area contributed by atoms with Crippen LogP contribution in [-0.4, -0.2) is 42.7 Å². The highest BCUT2D eigenvalue weighted by Crippen LogP contribution is 2.26. The molecule has 0 saturated heterocycles. The molecule has 0 spiro atoms. The predicted octanol–water partition coefficient (Wildman–Crippen LogP) is 5.56. The highest BCUT2D eigenvalue weighted by Gasteiger charge is 2.22. The Morgan fingerprint density at radius 2 is 1.68 bits per heavy atom. The minimum atomic E-state index is 0.407.